The van der Waals surface area contributed by atoms with E-state index in [2.05, 4.69) is 45.9 Å². The van der Waals surface area contributed by atoms with E-state index in [0.717, 1.165) is 27.9 Å². The largest absolute Gasteiger partial charge is 0.466 e. The zero-order chi connectivity index (χ0) is 22.0. The van der Waals surface area contributed by atoms with Crippen molar-refractivity contribution < 1.29 is 19.1 Å². The summed E-state index contributed by atoms with van der Waals surface area (Å²) in [6.07, 6.45) is 10.7. The van der Waals surface area contributed by atoms with Gasteiger partial charge in [-0.3, -0.25) is 4.79 Å². The molecule has 0 aromatic carbocycles. The molecule has 0 fully saturated rings. The molecule has 4 heteroatoms. The number of ether oxygens (including phenoxy) is 2. The predicted molar refractivity (Wildman–Crippen MR) is 119 cm³/mol. The van der Waals surface area contributed by atoms with E-state index in [1.54, 1.807) is 13.8 Å². The summed E-state index contributed by atoms with van der Waals surface area (Å²) in [6.45, 7) is 12.5. The summed E-state index contributed by atoms with van der Waals surface area (Å²) in [5, 5.41) is 0. The highest BCUT2D eigenvalue weighted by Gasteiger charge is 2.37. The smallest absolute Gasteiger partial charge is 0.334 e. The number of carbonyl (C=O) groups excluding carboxylic acids is 2. The Hall–Kier alpha value is -2.88. The Labute approximate surface area is 179 Å². The number of hydrogen-bond acceptors (Lipinski definition) is 4. The van der Waals surface area contributed by atoms with Crippen LogP contribution in [0.15, 0.2) is 80.5 Å². The lowest BCUT2D eigenvalue weighted by Gasteiger charge is -2.28. The molecule has 0 spiro atoms. The molecule has 158 valence electrons. The Bertz CT molecular complexity index is 1010. The highest BCUT2D eigenvalue weighted by Crippen LogP contribution is 2.44. The molecule has 0 radical (unpaired) electrons. The van der Waals surface area contributed by atoms with Crippen LogP contribution in [0.1, 0.15) is 48.0 Å². The summed E-state index contributed by atoms with van der Waals surface area (Å²) < 4.78 is 10.6. The molecule has 0 amide bonds. The molecule has 1 unspecified atom stereocenters. The molecular formula is C26H30O4. The second-order valence-corrected chi connectivity index (χ2v) is 7.93. The number of hydrogen-bond donors (Lipinski definition) is 0. The van der Waals surface area contributed by atoms with E-state index in [1.165, 1.54) is 16.7 Å². The van der Waals surface area contributed by atoms with E-state index in [0.29, 0.717) is 12.0 Å². The average molecular weight is 407 g/mol. The fourth-order valence-corrected chi connectivity index (χ4v) is 4.51. The molecule has 1 atom stereocenters. The minimum atomic E-state index is -0.672. The Morgan fingerprint density at radius 1 is 0.900 bits per heavy atom. The van der Waals surface area contributed by atoms with Crippen LogP contribution in [0.25, 0.3) is 0 Å². The van der Waals surface area contributed by atoms with Crippen molar-refractivity contribution in [1.82, 2.24) is 0 Å². The fraction of sp³-hybridized carbons (Fsp3) is 0.385. The Kier molecular flexibility index (Phi) is 6.45. The first kappa shape index (κ1) is 21.8. The monoisotopic (exact) mass is 406 g/mol. The van der Waals surface area contributed by atoms with E-state index < -0.39 is 11.9 Å². The van der Waals surface area contributed by atoms with Crippen molar-refractivity contribution in [3.63, 3.8) is 0 Å². The highest BCUT2D eigenvalue weighted by molar-refractivity contribution is 5.97. The van der Waals surface area contributed by atoms with Crippen molar-refractivity contribution >= 4 is 11.9 Å². The lowest BCUT2D eigenvalue weighted by Crippen LogP contribution is -2.29. The first-order valence-electron chi connectivity index (χ1n) is 10.5. The molecule has 0 N–H and O–H groups in total. The SMILES string of the molecule is CCOC(=O)C1=CC2=CC=C(C)C3=C(C)C=C(C)C=C(C)C3=C2CC1C(=O)OCC. The molecule has 4 nitrogen and oxygen atoms in total. The summed E-state index contributed by atoms with van der Waals surface area (Å²) in [5.41, 5.74) is 9.42. The quantitative estimate of drug-likeness (QED) is 0.582. The second kappa shape index (κ2) is 8.86. The van der Waals surface area contributed by atoms with Crippen LogP contribution >= 0.6 is 0 Å². The number of rotatable bonds is 4. The molecule has 30 heavy (non-hydrogen) atoms. The summed E-state index contributed by atoms with van der Waals surface area (Å²) >= 11 is 0. The standard InChI is InChI=1S/C26H30O4/c1-7-29-25(27)21-13-19-10-9-16(4)23-17(5)11-15(3)12-18(6)24(23)20(19)14-22(21)26(28)30-8-2/h9-13,22H,7-8,14H2,1-6H3. The summed E-state index contributed by atoms with van der Waals surface area (Å²) in [7, 11) is 0. The molecule has 3 aliphatic rings. The van der Waals surface area contributed by atoms with Gasteiger partial charge in [0, 0.05) is 0 Å². The van der Waals surface area contributed by atoms with Crippen molar-refractivity contribution in [2.45, 2.75) is 48.0 Å². The first-order valence-corrected chi connectivity index (χ1v) is 10.5. The molecule has 3 aliphatic carbocycles. The van der Waals surface area contributed by atoms with Gasteiger partial charge in [0.25, 0.3) is 0 Å². The first-order chi connectivity index (χ1) is 14.3. The molecule has 0 heterocycles. The van der Waals surface area contributed by atoms with Gasteiger partial charge in [-0.15, -0.1) is 0 Å². The van der Waals surface area contributed by atoms with Crippen LogP contribution in [-0.2, 0) is 19.1 Å². The number of allylic oxidation sites excluding steroid dienone is 13. The molecule has 0 aliphatic heterocycles. The van der Waals surface area contributed by atoms with Gasteiger partial charge in [0.15, 0.2) is 0 Å². The third-order valence-corrected chi connectivity index (χ3v) is 5.66. The van der Waals surface area contributed by atoms with Crippen molar-refractivity contribution in [2.24, 2.45) is 5.92 Å². The Morgan fingerprint density at radius 2 is 1.60 bits per heavy atom. The van der Waals surface area contributed by atoms with Crippen LogP contribution in [0.2, 0.25) is 0 Å². The van der Waals surface area contributed by atoms with Crippen LogP contribution in [0.5, 0.6) is 0 Å². The minimum absolute atomic E-state index is 0.261. The van der Waals surface area contributed by atoms with E-state index in [4.69, 9.17) is 9.47 Å². The fourth-order valence-electron chi connectivity index (χ4n) is 4.51. The van der Waals surface area contributed by atoms with E-state index in [-0.39, 0.29) is 19.2 Å². The van der Waals surface area contributed by atoms with E-state index >= 15 is 0 Å². The Balaban J connectivity index is 2.27. The highest BCUT2D eigenvalue weighted by atomic mass is 16.5. The van der Waals surface area contributed by atoms with Gasteiger partial charge in [-0.2, -0.15) is 0 Å². The normalized spacial score (nSPS) is 21.1. The van der Waals surface area contributed by atoms with Gasteiger partial charge >= 0.3 is 11.9 Å². The zero-order valence-electron chi connectivity index (χ0n) is 18.7. The number of carbonyl (C=O) groups is 2. The van der Waals surface area contributed by atoms with Crippen molar-refractivity contribution in [2.75, 3.05) is 13.2 Å². The third-order valence-electron chi connectivity index (χ3n) is 5.66. The molecule has 3 rings (SSSR count). The summed E-state index contributed by atoms with van der Waals surface area (Å²) in [6, 6.07) is 0. The van der Waals surface area contributed by atoms with Crippen LogP contribution in [0.3, 0.4) is 0 Å². The average Bonchev–Trinajstić information content (AvgIpc) is 2.90. The molecule has 0 saturated carbocycles. The van der Waals surface area contributed by atoms with E-state index in [1.807, 2.05) is 12.2 Å². The van der Waals surface area contributed by atoms with Gasteiger partial charge in [-0.05, 0) is 93.1 Å². The lowest BCUT2D eigenvalue weighted by molar-refractivity contribution is -0.150. The van der Waals surface area contributed by atoms with Crippen LogP contribution in [-0.4, -0.2) is 25.2 Å². The maximum absolute atomic E-state index is 12.8. The zero-order valence-corrected chi connectivity index (χ0v) is 18.7. The topological polar surface area (TPSA) is 52.6 Å². The van der Waals surface area contributed by atoms with Crippen LogP contribution in [0, 0.1) is 5.92 Å². The number of fused-ring (bicyclic) bond motifs is 2. The van der Waals surface area contributed by atoms with Crippen LogP contribution in [0.4, 0.5) is 0 Å². The molecule has 0 saturated heterocycles. The maximum Gasteiger partial charge on any atom is 0.334 e. The summed E-state index contributed by atoms with van der Waals surface area (Å²) in [4.78, 5) is 25.5. The molecular weight excluding hydrogens is 376 g/mol. The van der Waals surface area contributed by atoms with Gasteiger partial charge < -0.3 is 9.47 Å². The van der Waals surface area contributed by atoms with Gasteiger partial charge in [0.1, 0.15) is 0 Å². The van der Waals surface area contributed by atoms with E-state index in [9.17, 15) is 9.59 Å². The minimum Gasteiger partial charge on any atom is -0.466 e. The third kappa shape index (κ3) is 4.04. The van der Waals surface area contributed by atoms with Crippen molar-refractivity contribution in [1.29, 1.82) is 0 Å². The predicted octanol–water partition coefficient (Wildman–Crippen LogP) is 5.46. The molecule has 0 bridgehead atoms. The second-order valence-electron chi connectivity index (χ2n) is 7.93. The maximum atomic E-state index is 12.8. The lowest BCUT2D eigenvalue weighted by atomic mass is 9.77. The number of esters is 2. The Morgan fingerprint density at radius 3 is 2.27 bits per heavy atom. The van der Waals surface area contributed by atoms with Gasteiger partial charge in [-0.25, -0.2) is 4.79 Å². The molecule has 0 aromatic rings. The van der Waals surface area contributed by atoms with Gasteiger partial charge in [0.2, 0.25) is 0 Å². The van der Waals surface area contributed by atoms with Crippen molar-refractivity contribution in [3.05, 3.63) is 80.5 Å². The molecule has 0 aromatic heterocycles. The van der Waals surface area contributed by atoms with Crippen LogP contribution < -0.4 is 0 Å². The van der Waals surface area contributed by atoms with Gasteiger partial charge in [0.05, 0.1) is 24.7 Å². The van der Waals surface area contributed by atoms with Gasteiger partial charge in [-0.1, -0.05) is 29.9 Å². The summed E-state index contributed by atoms with van der Waals surface area (Å²) in [5.74, 6) is -1.51. The van der Waals surface area contributed by atoms with Crippen molar-refractivity contribution in [3.8, 4) is 0 Å².